The topological polar surface area (TPSA) is 30.8 Å². The van der Waals surface area contributed by atoms with Gasteiger partial charge >= 0.3 is 6.64 Å². The molecule has 0 saturated carbocycles. The van der Waals surface area contributed by atoms with Gasteiger partial charge in [-0.1, -0.05) is 26.7 Å². The van der Waals surface area contributed by atoms with Crippen LogP contribution in [0.15, 0.2) is 4.76 Å². The third-order valence-electron chi connectivity index (χ3n) is 1.67. The Kier molecular flexibility index (Phi) is 9.82. The average Bonchev–Trinajstić information content (AvgIpc) is 2.19. The third-order valence-corrected chi connectivity index (χ3v) is 4.13. The van der Waals surface area contributed by atoms with E-state index in [9.17, 15) is 0 Å². The highest BCUT2D eigenvalue weighted by molar-refractivity contribution is 8.09. The average molecular weight is 267 g/mol. The first kappa shape index (κ1) is 15.4. The highest BCUT2D eigenvalue weighted by Crippen LogP contribution is 2.50. The van der Waals surface area contributed by atoms with Gasteiger partial charge in [-0.05, 0) is 36.9 Å². The van der Waals surface area contributed by atoms with E-state index in [2.05, 4.69) is 36.0 Å². The van der Waals surface area contributed by atoms with Crippen molar-refractivity contribution in [1.82, 2.24) is 0 Å². The minimum atomic E-state index is -2.54. The third kappa shape index (κ3) is 8.21. The van der Waals surface area contributed by atoms with Crippen molar-refractivity contribution in [3.8, 4) is 0 Å². The standard InChI is InChI=1S/C9H18NO2PS2/c1-3-5-7-11-13(15,10-9-14)12-8-6-4-2/h3-8H2,1-2H3. The quantitative estimate of drug-likeness (QED) is 0.274. The maximum absolute atomic E-state index is 5.46. The van der Waals surface area contributed by atoms with Gasteiger partial charge in [0.1, 0.15) is 0 Å². The Labute approximate surface area is 102 Å². The van der Waals surface area contributed by atoms with Gasteiger partial charge in [-0.25, -0.2) is 0 Å². The molecule has 0 radical (unpaired) electrons. The zero-order valence-corrected chi connectivity index (χ0v) is 11.8. The Hall–Kier alpha value is 0.370. The van der Waals surface area contributed by atoms with Gasteiger partial charge in [0, 0.05) is 0 Å². The monoisotopic (exact) mass is 267 g/mol. The molecule has 0 aromatic heterocycles. The van der Waals surface area contributed by atoms with Crippen LogP contribution in [0.2, 0.25) is 0 Å². The van der Waals surface area contributed by atoms with Crippen molar-refractivity contribution < 1.29 is 9.05 Å². The second kappa shape index (κ2) is 9.59. The van der Waals surface area contributed by atoms with E-state index in [1.807, 2.05) is 0 Å². The maximum Gasteiger partial charge on any atom is 0.317 e. The first-order valence-corrected chi connectivity index (χ1v) is 8.17. The molecule has 0 unspecified atom stereocenters. The fraction of sp³-hybridized carbons (Fsp3) is 0.889. The summed E-state index contributed by atoms with van der Waals surface area (Å²) in [6, 6.07) is 0. The van der Waals surface area contributed by atoms with E-state index < -0.39 is 6.64 Å². The van der Waals surface area contributed by atoms with Gasteiger partial charge in [0.05, 0.1) is 18.4 Å². The van der Waals surface area contributed by atoms with Crippen molar-refractivity contribution in [2.75, 3.05) is 13.2 Å². The largest absolute Gasteiger partial charge is 0.317 e. The summed E-state index contributed by atoms with van der Waals surface area (Å²) < 4.78 is 14.8. The highest BCUT2D eigenvalue weighted by Gasteiger charge is 2.16. The molecule has 0 heterocycles. The fourth-order valence-electron chi connectivity index (χ4n) is 0.793. The summed E-state index contributed by atoms with van der Waals surface area (Å²) in [5.41, 5.74) is 0. The minimum Gasteiger partial charge on any atom is -0.312 e. The molecule has 3 nitrogen and oxygen atoms in total. The summed E-state index contributed by atoms with van der Waals surface area (Å²) in [6.07, 6.45) is 4.04. The Morgan fingerprint density at radius 3 is 1.93 bits per heavy atom. The number of unbranched alkanes of at least 4 members (excludes halogenated alkanes) is 2. The van der Waals surface area contributed by atoms with E-state index in [0.29, 0.717) is 13.2 Å². The van der Waals surface area contributed by atoms with Gasteiger partial charge in [0.15, 0.2) is 0 Å². The first-order valence-electron chi connectivity index (χ1n) is 5.17. The molecular weight excluding hydrogens is 249 g/mol. The smallest absolute Gasteiger partial charge is 0.312 e. The second-order valence-corrected chi connectivity index (χ2v) is 6.25. The summed E-state index contributed by atoms with van der Waals surface area (Å²) in [5, 5.41) is 2.27. The number of isothiocyanates is 1. The number of rotatable bonds is 9. The molecule has 0 atom stereocenters. The molecule has 0 saturated heterocycles. The molecule has 88 valence electrons. The molecule has 0 rings (SSSR count). The van der Waals surface area contributed by atoms with Crippen LogP contribution in [0.1, 0.15) is 39.5 Å². The van der Waals surface area contributed by atoms with Gasteiger partial charge in [0.25, 0.3) is 0 Å². The van der Waals surface area contributed by atoms with Crippen LogP contribution in [-0.4, -0.2) is 18.4 Å². The molecule has 0 aliphatic heterocycles. The molecule has 0 amide bonds. The number of thiocarbonyl (C=S) groups is 1. The van der Waals surface area contributed by atoms with E-state index in [1.54, 1.807) is 0 Å². The van der Waals surface area contributed by atoms with Crippen molar-refractivity contribution in [3.05, 3.63) is 0 Å². The minimum absolute atomic E-state index is 0.584. The summed E-state index contributed by atoms with van der Waals surface area (Å²) in [4.78, 5) is 0. The van der Waals surface area contributed by atoms with Crippen LogP contribution >= 0.6 is 18.9 Å². The zero-order chi connectivity index (χ0) is 11.6. The summed E-state index contributed by atoms with van der Waals surface area (Å²) in [5.74, 6) is 0. The molecule has 0 aromatic carbocycles. The van der Waals surface area contributed by atoms with Crippen LogP contribution in [0.4, 0.5) is 0 Å². The summed E-state index contributed by atoms with van der Waals surface area (Å²) in [6.45, 7) is 2.81. The molecule has 0 aromatic rings. The molecule has 0 aliphatic rings. The maximum atomic E-state index is 5.46. The van der Waals surface area contributed by atoms with Crippen LogP contribution in [0, 0.1) is 0 Å². The molecule has 0 aliphatic carbocycles. The van der Waals surface area contributed by atoms with E-state index in [4.69, 9.17) is 20.9 Å². The van der Waals surface area contributed by atoms with Gasteiger partial charge in [0.2, 0.25) is 0 Å². The van der Waals surface area contributed by atoms with E-state index >= 15 is 0 Å². The predicted octanol–water partition coefficient (Wildman–Crippen LogP) is 3.95. The van der Waals surface area contributed by atoms with E-state index in [-0.39, 0.29) is 0 Å². The van der Waals surface area contributed by atoms with E-state index in [0.717, 1.165) is 25.7 Å². The number of hydrogen-bond acceptors (Lipinski definition) is 4. The Morgan fingerprint density at radius 2 is 1.60 bits per heavy atom. The van der Waals surface area contributed by atoms with Crippen LogP contribution in [0.5, 0.6) is 0 Å². The molecule has 6 heteroatoms. The van der Waals surface area contributed by atoms with Crippen molar-refractivity contribution in [2.45, 2.75) is 39.5 Å². The van der Waals surface area contributed by atoms with Crippen molar-refractivity contribution in [3.63, 3.8) is 0 Å². The summed E-state index contributed by atoms with van der Waals surface area (Å²) >= 11 is 9.74. The van der Waals surface area contributed by atoms with E-state index in [1.165, 1.54) is 0 Å². The highest BCUT2D eigenvalue weighted by atomic mass is 32.5. The SMILES string of the molecule is CCCCOP(=S)(N=C=S)OCCCC. The molecule has 0 spiro atoms. The van der Waals surface area contributed by atoms with Gasteiger partial charge in [-0.2, -0.15) is 0 Å². The second-order valence-electron chi connectivity index (χ2n) is 3.03. The molecule has 0 fully saturated rings. The normalized spacial score (nSPS) is 11.1. The van der Waals surface area contributed by atoms with Crippen molar-refractivity contribution >= 4 is 35.8 Å². The molecule has 0 N–H and O–H groups in total. The summed E-state index contributed by atoms with van der Waals surface area (Å²) in [7, 11) is 0. The van der Waals surface area contributed by atoms with Gasteiger partial charge in [-0.15, -0.1) is 4.76 Å². The number of hydrogen-bond donors (Lipinski definition) is 0. The predicted molar refractivity (Wildman–Crippen MR) is 71.0 cm³/mol. The van der Waals surface area contributed by atoms with Crippen LogP contribution in [0.25, 0.3) is 0 Å². The van der Waals surface area contributed by atoms with Gasteiger partial charge in [-0.3, -0.25) is 0 Å². The van der Waals surface area contributed by atoms with Crippen LogP contribution in [-0.2, 0) is 20.9 Å². The fourth-order valence-corrected chi connectivity index (χ4v) is 2.85. The van der Waals surface area contributed by atoms with Gasteiger partial charge < -0.3 is 9.05 Å². The lowest BCUT2D eigenvalue weighted by atomic mass is 10.4. The first-order chi connectivity index (χ1) is 7.18. The Morgan fingerprint density at radius 1 is 1.13 bits per heavy atom. The molecule has 0 bridgehead atoms. The zero-order valence-electron chi connectivity index (χ0n) is 9.27. The number of nitrogens with zero attached hydrogens (tertiary/aromatic N) is 1. The lowest BCUT2D eigenvalue weighted by Gasteiger charge is -2.15. The van der Waals surface area contributed by atoms with Crippen LogP contribution < -0.4 is 0 Å². The Balaban J connectivity index is 4.07. The Bertz CT molecular complexity index is 240. The lowest BCUT2D eigenvalue weighted by molar-refractivity contribution is 0.241. The molecular formula is C9H18NO2PS2. The molecule has 15 heavy (non-hydrogen) atoms. The van der Waals surface area contributed by atoms with Crippen molar-refractivity contribution in [1.29, 1.82) is 0 Å². The van der Waals surface area contributed by atoms with Crippen LogP contribution in [0.3, 0.4) is 0 Å². The lowest BCUT2D eigenvalue weighted by Crippen LogP contribution is -1.97. The van der Waals surface area contributed by atoms with Crippen molar-refractivity contribution in [2.24, 2.45) is 4.76 Å².